The average molecular weight is 230 g/mol. The van der Waals surface area contributed by atoms with E-state index in [0.29, 0.717) is 13.2 Å². The van der Waals surface area contributed by atoms with E-state index in [1.165, 1.54) is 0 Å². The van der Waals surface area contributed by atoms with E-state index in [9.17, 15) is 0 Å². The van der Waals surface area contributed by atoms with Crippen LogP contribution in [0.25, 0.3) is 0 Å². The van der Waals surface area contributed by atoms with Gasteiger partial charge >= 0.3 is 0 Å². The van der Waals surface area contributed by atoms with Crippen molar-refractivity contribution in [3.8, 4) is 0 Å². The molecule has 0 bridgehead atoms. The van der Waals surface area contributed by atoms with Gasteiger partial charge in [-0.1, -0.05) is 0 Å². The fourth-order valence-corrected chi connectivity index (χ4v) is 1.34. The van der Waals surface area contributed by atoms with Crippen molar-refractivity contribution in [2.75, 3.05) is 6.79 Å². The van der Waals surface area contributed by atoms with E-state index in [4.69, 9.17) is 9.47 Å². The number of ether oxygens (including phenoxy) is 2. The molecule has 0 radical (unpaired) electrons. The van der Waals surface area contributed by atoms with Gasteiger partial charge in [-0.3, -0.25) is 9.97 Å². The Morgan fingerprint density at radius 3 is 1.53 bits per heavy atom. The highest BCUT2D eigenvalue weighted by Crippen LogP contribution is 2.01. The van der Waals surface area contributed by atoms with E-state index < -0.39 is 0 Å². The molecule has 0 saturated heterocycles. The molecule has 2 rings (SSSR count). The topological polar surface area (TPSA) is 44.2 Å². The van der Waals surface area contributed by atoms with E-state index in [-0.39, 0.29) is 6.79 Å². The lowest BCUT2D eigenvalue weighted by molar-refractivity contribution is -0.0689. The van der Waals surface area contributed by atoms with Crippen LogP contribution in [0.4, 0.5) is 0 Å². The summed E-state index contributed by atoms with van der Waals surface area (Å²) < 4.78 is 10.8. The van der Waals surface area contributed by atoms with Crippen molar-refractivity contribution in [2.24, 2.45) is 0 Å². The Kier molecular flexibility index (Phi) is 4.63. The first-order valence-electron chi connectivity index (χ1n) is 5.38. The van der Waals surface area contributed by atoms with E-state index in [1.54, 1.807) is 24.8 Å². The molecule has 4 nitrogen and oxygen atoms in total. The van der Waals surface area contributed by atoms with Crippen LogP contribution in [-0.4, -0.2) is 16.8 Å². The molecule has 88 valence electrons. The molecule has 0 aromatic carbocycles. The van der Waals surface area contributed by atoms with Gasteiger partial charge in [0.25, 0.3) is 0 Å². The molecular weight excluding hydrogens is 216 g/mol. The van der Waals surface area contributed by atoms with E-state index in [2.05, 4.69) is 9.97 Å². The third-order valence-electron chi connectivity index (χ3n) is 2.20. The lowest BCUT2D eigenvalue weighted by atomic mass is 10.3. The minimum Gasteiger partial charge on any atom is -0.351 e. The lowest BCUT2D eigenvalue weighted by Gasteiger charge is -2.05. The highest BCUT2D eigenvalue weighted by Gasteiger charge is 1.94. The molecule has 0 unspecified atom stereocenters. The Hall–Kier alpha value is -1.78. The summed E-state index contributed by atoms with van der Waals surface area (Å²) in [6.45, 7) is 1.36. The lowest BCUT2D eigenvalue weighted by Crippen LogP contribution is -2.00. The minimum absolute atomic E-state index is 0.282. The molecule has 0 spiro atoms. The van der Waals surface area contributed by atoms with Crippen molar-refractivity contribution in [3.05, 3.63) is 60.2 Å². The van der Waals surface area contributed by atoms with Crippen LogP contribution in [0.5, 0.6) is 0 Å². The Morgan fingerprint density at radius 1 is 0.706 bits per heavy atom. The number of aromatic nitrogens is 2. The molecule has 0 amide bonds. The molecular formula is C13H14N2O2. The zero-order valence-electron chi connectivity index (χ0n) is 9.45. The molecule has 2 aromatic heterocycles. The van der Waals surface area contributed by atoms with Gasteiger partial charge in [-0.15, -0.1) is 0 Å². The van der Waals surface area contributed by atoms with Crippen LogP contribution in [0.1, 0.15) is 11.1 Å². The third-order valence-corrected chi connectivity index (χ3v) is 2.20. The van der Waals surface area contributed by atoms with Crippen molar-refractivity contribution in [2.45, 2.75) is 13.2 Å². The van der Waals surface area contributed by atoms with Gasteiger partial charge in [0, 0.05) is 24.8 Å². The van der Waals surface area contributed by atoms with Gasteiger partial charge in [0.05, 0.1) is 13.2 Å². The molecule has 2 heterocycles. The summed E-state index contributed by atoms with van der Waals surface area (Å²) in [7, 11) is 0. The Balaban J connectivity index is 1.61. The quantitative estimate of drug-likeness (QED) is 0.563. The van der Waals surface area contributed by atoms with Crippen molar-refractivity contribution < 1.29 is 9.47 Å². The average Bonchev–Trinajstić information content (AvgIpc) is 2.41. The Morgan fingerprint density at radius 2 is 1.12 bits per heavy atom. The summed E-state index contributed by atoms with van der Waals surface area (Å²) in [5, 5.41) is 0. The maximum absolute atomic E-state index is 5.38. The SMILES string of the molecule is c1cc(COCOCc2ccncc2)ccn1. The van der Waals surface area contributed by atoms with Crippen LogP contribution in [0.15, 0.2) is 49.1 Å². The van der Waals surface area contributed by atoms with Crippen LogP contribution in [0.3, 0.4) is 0 Å². The highest BCUT2D eigenvalue weighted by molar-refractivity contribution is 5.08. The molecule has 4 heteroatoms. The number of hydrogen-bond acceptors (Lipinski definition) is 4. The molecule has 17 heavy (non-hydrogen) atoms. The van der Waals surface area contributed by atoms with Crippen LogP contribution in [0.2, 0.25) is 0 Å². The molecule has 0 aliphatic heterocycles. The second kappa shape index (κ2) is 6.73. The first kappa shape index (κ1) is 11.7. The predicted molar refractivity (Wildman–Crippen MR) is 62.9 cm³/mol. The van der Waals surface area contributed by atoms with Crippen LogP contribution >= 0.6 is 0 Å². The van der Waals surface area contributed by atoms with Crippen LogP contribution < -0.4 is 0 Å². The zero-order valence-corrected chi connectivity index (χ0v) is 9.45. The predicted octanol–water partition coefficient (Wildman–Crippen LogP) is 2.17. The normalized spacial score (nSPS) is 10.4. The monoisotopic (exact) mass is 230 g/mol. The Bertz CT molecular complexity index is 378. The van der Waals surface area contributed by atoms with Crippen molar-refractivity contribution in [3.63, 3.8) is 0 Å². The number of pyridine rings is 2. The largest absolute Gasteiger partial charge is 0.351 e. The standard InChI is InChI=1S/C13H14N2O2/c1-5-14-6-2-12(1)9-16-11-17-10-13-3-7-15-8-4-13/h1-8H,9-11H2. The van der Waals surface area contributed by atoms with Gasteiger partial charge in [-0.05, 0) is 35.4 Å². The molecule has 0 aliphatic rings. The first-order valence-corrected chi connectivity index (χ1v) is 5.38. The fourth-order valence-electron chi connectivity index (χ4n) is 1.34. The van der Waals surface area contributed by atoms with Gasteiger partial charge in [0.1, 0.15) is 6.79 Å². The Labute approximate surface area is 100 Å². The molecule has 0 saturated carbocycles. The zero-order chi connectivity index (χ0) is 11.8. The van der Waals surface area contributed by atoms with Gasteiger partial charge in [0.15, 0.2) is 0 Å². The van der Waals surface area contributed by atoms with E-state index >= 15 is 0 Å². The smallest absolute Gasteiger partial charge is 0.147 e. The molecule has 0 atom stereocenters. The summed E-state index contributed by atoms with van der Waals surface area (Å²) in [5.41, 5.74) is 2.18. The first-order chi connectivity index (χ1) is 8.45. The van der Waals surface area contributed by atoms with Gasteiger partial charge in [-0.25, -0.2) is 0 Å². The maximum atomic E-state index is 5.38. The van der Waals surface area contributed by atoms with Crippen LogP contribution in [-0.2, 0) is 22.7 Å². The second-order valence-electron chi connectivity index (χ2n) is 3.53. The fraction of sp³-hybridized carbons (Fsp3) is 0.231. The molecule has 0 N–H and O–H groups in total. The molecule has 2 aromatic rings. The summed E-state index contributed by atoms with van der Waals surface area (Å²) >= 11 is 0. The minimum atomic E-state index is 0.282. The highest BCUT2D eigenvalue weighted by atomic mass is 16.7. The van der Waals surface area contributed by atoms with Gasteiger partial charge in [0.2, 0.25) is 0 Å². The number of hydrogen-bond donors (Lipinski definition) is 0. The van der Waals surface area contributed by atoms with Crippen LogP contribution in [0, 0.1) is 0 Å². The number of rotatable bonds is 6. The summed E-state index contributed by atoms with van der Waals surface area (Å²) in [5.74, 6) is 0. The van der Waals surface area contributed by atoms with Gasteiger partial charge in [-0.2, -0.15) is 0 Å². The van der Waals surface area contributed by atoms with Crippen molar-refractivity contribution in [1.29, 1.82) is 0 Å². The third kappa shape index (κ3) is 4.30. The second-order valence-corrected chi connectivity index (χ2v) is 3.53. The summed E-state index contributed by atoms with van der Waals surface area (Å²) in [4.78, 5) is 7.87. The number of nitrogens with zero attached hydrogens (tertiary/aromatic N) is 2. The van der Waals surface area contributed by atoms with E-state index in [1.807, 2.05) is 24.3 Å². The van der Waals surface area contributed by atoms with Gasteiger partial charge < -0.3 is 9.47 Å². The van der Waals surface area contributed by atoms with Crippen molar-refractivity contribution in [1.82, 2.24) is 9.97 Å². The molecule has 0 fully saturated rings. The summed E-state index contributed by atoms with van der Waals surface area (Å²) in [6.07, 6.45) is 6.99. The van der Waals surface area contributed by atoms with Crippen molar-refractivity contribution >= 4 is 0 Å². The summed E-state index contributed by atoms with van der Waals surface area (Å²) in [6, 6.07) is 7.68. The van der Waals surface area contributed by atoms with E-state index in [0.717, 1.165) is 11.1 Å². The molecule has 0 aliphatic carbocycles. The maximum Gasteiger partial charge on any atom is 0.147 e.